The van der Waals surface area contributed by atoms with Crippen LogP contribution in [0.25, 0.3) is 0 Å². The molecule has 0 amide bonds. The van der Waals surface area contributed by atoms with Gasteiger partial charge >= 0.3 is 0 Å². The molecule has 2 rings (SSSR count). The van der Waals surface area contributed by atoms with E-state index in [1.54, 1.807) is 32.8 Å². The third-order valence-corrected chi connectivity index (χ3v) is 2.48. The summed E-state index contributed by atoms with van der Waals surface area (Å²) in [5, 5.41) is 6.31. The second kappa shape index (κ2) is 6.44. The average Bonchev–Trinajstić information content (AvgIpc) is 2.48. The SMILES string of the molecule is COc1cc(NCNc2cnccn2)cc(OC)c1. The van der Waals surface area contributed by atoms with Gasteiger partial charge in [0.25, 0.3) is 0 Å². The number of methoxy groups -OCH3 is 2. The minimum Gasteiger partial charge on any atom is -0.497 e. The third kappa shape index (κ3) is 3.74. The Morgan fingerprint density at radius 2 is 1.74 bits per heavy atom. The lowest BCUT2D eigenvalue weighted by Gasteiger charge is -2.11. The molecule has 0 spiro atoms. The van der Waals surface area contributed by atoms with Crippen LogP contribution in [0.1, 0.15) is 0 Å². The van der Waals surface area contributed by atoms with Crippen LogP contribution >= 0.6 is 0 Å². The van der Waals surface area contributed by atoms with Crippen LogP contribution in [-0.2, 0) is 0 Å². The van der Waals surface area contributed by atoms with Crippen molar-refractivity contribution < 1.29 is 9.47 Å². The molecule has 0 atom stereocenters. The molecule has 1 aromatic carbocycles. The summed E-state index contributed by atoms with van der Waals surface area (Å²) in [6.45, 7) is 0.523. The first-order valence-corrected chi connectivity index (χ1v) is 5.78. The molecular formula is C13H16N4O2. The van der Waals surface area contributed by atoms with Gasteiger partial charge in [-0.15, -0.1) is 0 Å². The molecular weight excluding hydrogens is 244 g/mol. The van der Waals surface area contributed by atoms with Gasteiger partial charge in [-0.05, 0) is 0 Å². The number of nitrogens with zero attached hydrogens (tertiary/aromatic N) is 2. The molecule has 0 aliphatic carbocycles. The first-order chi connectivity index (χ1) is 9.31. The molecule has 0 fully saturated rings. The van der Waals surface area contributed by atoms with E-state index in [-0.39, 0.29) is 0 Å². The summed E-state index contributed by atoms with van der Waals surface area (Å²) in [5.41, 5.74) is 0.896. The number of aromatic nitrogens is 2. The van der Waals surface area contributed by atoms with E-state index in [4.69, 9.17) is 9.47 Å². The summed E-state index contributed by atoms with van der Waals surface area (Å²) < 4.78 is 10.4. The molecule has 1 aromatic heterocycles. The van der Waals surface area contributed by atoms with Crippen molar-refractivity contribution in [1.29, 1.82) is 0 Å². The predicted molar refractivity (Wildman–Crippen MR) is 73.7 cm³/mol. The summed E-state index contributed by atoms with van der Waals surface area (Å²) in [5.74, 6) is 2.19. The molecule has 19 heavy (non-hydrogen) atoms. The van der Waals surface area contributed by atoms with E-state index < -0.39 is 0 Å². The zero-order valence-corrected chi connectivity index (χ0v) is 10.9. The minimum atomic E-state index is 0.523. The Hall–Kier alpha value is -2.50. The van der Waals surface area contributed by atoms with Gasteiger partial charge in [-0.3, -0.25) is 4.98 Å². The van der Waals surface area contributed by atoms with Crippen molar-refractivity contribution in [2.75, 3.05) is 31.5 Å². The first-order valence-electron chi connectivity index (χ1n) is 5.78. The van der Waals surface area contributed by atoms with E-state index in [0.29, 0.717) is 12.5 Å². The van der Waals surface area contributed by atoms with Gasteiger partial charge in [0, 0.05) is 36.3 Å². The summed E-state index contributed by atoms with van der Waals surface area (Å²) in [6.07, 6.45) is 4.93. The number of benzene rings is 1. The second-order valence-corrected chi connectivity index (χ2v) is 3.72. The van der Waals surface area contributed by atoms with Gasteiger partial charge in [0.1, 0.15) is 17.3 Å². The fourth-order valence-electron chi connectivity index (χ4n) is 1.54. The molecule has 6 heteroatoms. The van der Waals surface area contributed by atoms with Crippen LogP contribution in [0.5, 0.6) is 11.5 Å². The van der Waals surface area contributed by atoms with E-state index in [2.05, 4.69) is 20.6 Å². The zero-order valence-electron chi connectivity index (χ0n) is 10.9. The van der Waals surface area contributed by atoms with Crippen molar-refractivity contribution in [2.24, 2.45) is 0 Å². The van der Waals surface area contributed by atoms with Crippen molar-refractivity contribution in [3.8, 4) is 11.5 Å². The highest BCUT2D eigenvalue weighted by atomic mass is 16.5. The van der Waals surface area contributed by atoms with Crippen molar-refractivity contribution in [3.63, 3.8) is 0 Å². The summed E-state index contributed by atoms with van der Waals surface area (Å²) in [6, 6.07) is 5.60. The van der Waals surface area contributed by atoms with E-state index in [1.807, 2.05) is 18.2 Å². The van der Waals surface area contributed by atoms with Crippen LogP contribution in [0, 0.1) is 0 Å². The third-order valence-electron chi connectivity index (χ3n) is 2.48. The number of nitrogens with one attached hydrogen (secondary N) is 2. The molecule has 0 radical (unpaired) electrons. The van der Waals surface area contributed by atoms with Crippen molar-refractivity contribution in [3.05, 3.63) is 36.8 Å². The van der Waals surface area contributed by atoms with Crippen LogP contribution in [0.15, 0.2) is 36.8 Å². The lowest BCUT2D eigenvalue weighted by molar-refractivity contribution is 0.394. The topological polar surface area (TPSA) is 68.3 Å². The van der Waals surface area contributed by atoms with Crippen LogP contribution in [-0.4, -0.2) is 30.9 Å². The fraction of sp³-hybridized carbons (Fsp3) is 0.231. The number of anilines is 2. The Kier molecular flexibility index (Phi) is 4.39. The van der Waals surface area contributed by atoms with Crippen molar-refractivity contribution in [1.82, 2.24) is 9.97 Å². The van der Waals surface area contributed by atoms with Crippen LogP contribution < -0.4 is 20.1 Å². The van der Waals surface area contributed by atoms with Gasteiger partial charge < -0.3 is 20.1 Å². The van der Waals surface area contributed by atoms with E-state index in [0.717, 1.165) is 17.2 Å². The Bertz CT molecular complexity index is 497. The largest absolute Gasteiger partial charge is 0.497 e. The van der Waals surface area contributed by atoms with E-state index >= 15 is 0 Å². The maximum absolute atomic E-state index is 5.20. The second-order valence-electron chi connectivity index (χ2n) is 3.72. The lowest BCUT2D eigenvalue weighted by atomic mass is 10.3. The zero-order chi connectivity index (χ0) is 13.5. The van der Waals surface area contributed by atoms with Gasteiger partial charge in [0.15, 0.2) is 0 Å². The molecule has 0 unspecified atom stereocenters. The number of hydrogen-bond donors (Lipinski definition) is 2. The average molecular weight is 260 g/mol. The minimum absolute atomic E-state index is 0.523. The fourth-order valence-corrected chi connectivity index (χ4v) is 1.54. The van der Waals surface area contributed by atoms with Gasteiger partial charge in [-0.1, -0.05) is 0 Å². The molecule has 0 aliphatic heterocycles. The van der Waals surface area contributed by atoms with Crippen LogP contribution in [0.2, 0.25) is 0 Å². The quantitative estimate of drug-likeness (QED) is 0.774. The predicted octanol–water partition coefficient (Wildman–Crippen LogP) is 1.98. The van der Waals surface area contributed by atoms with Gasteiger partial charge in [0.2, 0.25) is 0 Å². The highest BCUT2D eigenvalue weighted by Crippen LogP contribution is 2.25. The standard InChI is InChI=1S/C13H16N4O2/c1-18-11-5-10(6-12(7-11)19-2)16-9-17-13-8-14-3-4-15-13/h3-8,16H,9H2,1-2H3,(H,15,17). The van der Waals surface area contributed by atoms with Gasteiger partial charge in [-0.2, -0.15) is 0 Å². The molecule has 0 bridgehead atoms. The van der Waals surface area contributed by atoms with E-state index in [1.165, 1.54) is 0 Å². The summed E-state index contributed by atoms with van der Waals surface area (Å²) >= 11 is 0. The Morgan fingerprint density at radius 1 is 1.00 bits per heavy atom. The highest BCUT2D eigenvalue weighted by Gasteiger charge is 2.01. The maximum atomic E-state index is 5.20. The molecule has 2 aromatic rings. The smallest absolute Gasteiger partial charge is 0.145 e. The Labute approximate surface area is 111 Å². The van der Waals surface area contributed by atoms with Gasteiger partial charge in [0.05, 0.1) is 27.1 Å². The van der Waals surface area contributed by atoms with Gasteiger partial charge in [-0.25, -0.2) is 4.98 Å². The van der Waals surface area contributed by atoms with Crippen molar-refractivity contribution >= 4 is 11.5 Å². The Balaban J connectivity index is 1.95. The van der Waals surface area contributed by atoms with E-state index in [9.17, 15) is 0 Å². The summed E-state index contributed by atoms with van der Waals surface area (Å²) in [4.78, 5) is 8.09. The molecule has 100 valence electrons. The van der Waals surface area contributed by atoms with Crippen LogP contribution in [0.4, 0.5) is 11.5 Å². The molecule has 0 saturated heterocycles. The highest BCUT2D eigenvalue weighted by molar-refractivity contribution is 5.54. The Morgan fingerprint density at radius 3 is 2.32 bits per heavy atom. The molecule has 6 nitrogen and oxygen atoms in total. The lowest BCUT2D eigenvalue weighted by Crippen LogP contribution is -2.12. The molecule has 0 aliphatic rings. The monoisotopic (exact) mass is 260 g/mol. The van der Waals surface area contributed by atoms with Crippen molar-refractivity contribution in [2.45, 2.75) is 0 Å². The summed E-state index contributed by atoms with van der Waals surface area (Å²) in [7, 11) is 3.24. The molecule has 1 heterocycles. The first kappa shape index (κ1) is 12.9. The van der Waals surface area contributed by atoms with Crippen LogP contribution in [0.3, 0.4) is 0 Å². The molecule has 2 N–H and O–H groups in total. The normalized spacial score (nSPS) is 9.79. The molecule has 0 saturated carbocycles. The maximum Gasteiger partial charge on any atom is 0.145 e. The number of rotatable bonds is 6. The number of ether oxygens (including phenoxy) is 2. The number of hydrogen-bond acceptors (Lipinski definition) is 6.